The van der Waals surface area contributed by atoms with Crippen molar-refractivity contribution in [2.24, 2.45) is 0 Å². The van der Waals surface area contributed by atoms with Gasteiger partial charge in [0.2, 0.25) is 0 Å². The minimum atomic E-state index is -0.0469. The number of carbonyl (C=O) groups is 1. The molecule has 0 aliphatic carbocycles. The summed E-state index contributed by atoms with van der Waals surface area (Å²) in [4.78, 5) is 13.3. The molecule has 0 aliphatic rings. The minimum Gasteiger partial charge on any atom is -0.497 e. The molecule has 2 rings (SSSR count). The van der Waals surface area contributed by atoms with Crippen LogP contribution in [0.4, 0.5) is 0 Å². The lowest BCUT2D eigenvalue weighted by molar-refractivity contribution is 0.0948. The van der Waals surface area contributed by atoms with Gasteiger partial charge in [-0.25, -0.2) is 0 Å². The van der Waals surface area contributed by atoms with Gasteiger partial charge in [-0.2, -0.15) is 0 Å². The highest BCUT2D eigenvalue weighted by molar-refractivity contribution is 7.99. The van der Waals surface area contributed by atoms with Gasteiger partial charge in [0.1, 0.15) is 5.75 Å². The van der Waals surface area contributed by atoms with E-state index in [1.54, 1.807) is 18.9 Å². The first-order chi connectivity index (χ1) is 10.2. The Bertz CT molecular complexity index is 613. The Morgan fingerprint density at radius 1 is 1.19 bits per heavy atom. The molecule has 0 fully saturated rings. The summed E-state index contributed by atoms with van der Waals surface area (Å²) in [5.41, 5.74) is 1.75. The van der Waals surface area contributed by atoms with E-state index in [0.29, 0.717) is 6.54 Å². The Morgan fingerprint density at radius 2 is 2.00 bits per heavy atom. The second-order valence-electron chi connectivity index (χ2n) is 4.46. The predicted molar refractivity (Wildman–Crippen MR) is 87.0 cm³/mol. The molecule has 0 aromatic heterocycles. The van der Waals surface area contributed by atoms with E-state index in [1.807, 2.05) is 48.5 Å². The van der Waals surface area contributed by atoms with E-state index in [0.717, 1.165) is 27.5 Å². The third kappa shape index (κ3) is 4.26. The Kier molecular flexibility index (Phi) is 5.69. The molecule has 3 nitrogen and oxygen atoms in total. The normalized spacial score (nSPS) is 10.2. The summed E-state index contributed by atoms with van der Waals surface area (Å²) in [5, 5.41) is 2.96. The quantitative estimate of drug-likeness (QED) is 0.826. The van der Waals surface area contributed by atoms with Crippen LogP contribution < -0.4 is 10.1 Å². The second-order valence-corrected chi connectivity index (χ2v) is 5.77. The Hall–Kier alpha value is -1.94. The number of amides is 1. The average molecular weight is 301 g/mol. The summed E-state index contributed by atoms with van der Waals surface area (Å²) in [6.07, 6.45) is 0. The standard InChI is InChI=1S/C17H19NO2S/c1-3-21-16-10-5-4-9-15(16)17(19)18-12-13-7-6-8-14(11-13)20-2/h4-11H,3,12H2,1-2H3,(H,18,19). The minimum absolute atomic E-state index is 0.0469. The van der Waals surface area contributed by atoms with Crippen LogP contribution in [0.25, 0.3) is 0 Å². The molecule has 0 bridgehead atoms. The fraction of sp³-hybridized carbons (Fsp3) is 0.235. The number of hydrogen-bond acceptors (Lipinski definition) is 3. The molecule has 0 aliphatic heterocycles. The molecule has 0 unspecified atom stereocenters. The van der Waals surface area contributed by atoms with Gasteiger partial charge < -0.3 is 10.1 Å². The first-order valence-corrected chi connectivity index (χ1v) is 7.86. The smallest absolute Gasteiger partial charge is 0.252 e. The van der Waals surface area contributed by atoms with Crippen LogP contribution in [0.2, 0.25) is 0 Å². The molecule has 1 amide bonds. The maximum Gasteiger partial charge on any atom is 0.252 e. The summed E-state index contributed by atoms with van der Waals surface area (Å²) in [6.45, 7) is 2.57. The molecule has 21 heavy (non-hydrogen) atoms. The topological polar surface area (TPSA) is 38.3 Å². The number of benzene rings is 2. The Labute approximate surface area is 129 Å². The molecule has 0 saturated carbocycles. The Balaban J connectivity index is 2.04. The van der Waals surface area contributed by atoms with Crippen molar-refractivity contribution in [2.45, 2.75) is 18.4 Å². The van der Waals surface area contributed by atoms with Crippen LogP contribution in [0, 0.1) is 0 Å². The van der Waals surface area contributed by atoms with E-state index < -0.39 is 0 Å². The van der Waals surface area contributed by atoms with Gasteiger partial charge in [-0.3, -0.25) is 4.79 Å². The predicted octanol–water partition coefficient (Wildman–Crippen LogP) is 3.74. The van der Waals surface area contributed by atoms with Crippen LogP contribution in [0.15, 0.2) is 53.4 Å². The Morgan fingerprint density at radius 3 is 2.76 bits per heavy atom. The van der Waals surface area contributed by atoms with Crippen molar-refractivity contribution in [3.63, 3.8) is 0 Å². The fourth-order valence-electron chi connectivity index (χ4n) is 2.00. The zero-order valence-corrected chi connectivity index (χ0v) is 13.1. The van der Waals surface area contributed by atoms with E-state index in [1.165, 1.54) is 0 Å². The van der Waals surface area contributed by atoms with Gasteiger partial charge in [0.05, 0.1) is 12.7 Å². The van der Waals surface area contributed by atoms with E-state index in [2.05, 4.69) is 12.2 Å². The van der Waals surface area contributed by atoms with Crippen LogP contribution in [0.5, 0.6) is 5.75 Å². The summed E-state index contributed by atoms with van der Waals surface area (Å²) < 4.78 is 5.18. The highest BCUT2D eigenvalue weighted by Gasteiger charge is 2.10. The molecular formula is C17H19NO2S. The average Bonchev–Trinajstić information content (AvgIpc) is 2.53. The van der Waals surface area contributed by atoms with Gasteiger partial charge in [-0.1, -0.05) is 31.2 Å². The first-order valence-electron chi connectivity index (χ1n) is 6.87. The van der Waals surface area contributed by atoms with E-state index >= 15 is 0 Å². The number of thioether (sulfide) groups is 1. The molecule has 1 N–H and O–H groups in total. The molecule has 0 atom stereocenters. The van der Waals surface area contributed by atoms with Crippen LogP contribution in [-0.4, -0.2) is 18.8 Å². The van der Waals surface area contributed by atoms with Crippen molar-refractivity contribution in [1.82, 2.24) is 5.32 Å². The summed E-state index contributed by atoms with van der Waals surface area (Å²) in [5.74, 6) is 1.69. The highest BCUT2D eigenvalue weighted by atomic mass is 32.2. The largest absolute Gasteiger partial charge is 0.497 e. The molecular weight excluding hydrogens is 282 g/mol. The highest BCUT2D eigenvalue weighted by Crippen LogP contribution is 2.22. The van der Waals surface area contributed by atoms with Crippen LogP contribution >= 0.6 is 11.8 Å². The molecule has 110 valence electrons. The third-order valence-corrected chi connectivity index (χ3v) is 3.97. The van der Waals surface area contributed by atoms with Crippen molar-refractivity contribution in [3.8, 4) is 5.75 Å². The molecule has 2 aromatic rings. The van der Waals surface area contributed by atoms with Crippen molar-refractivity contribution in [3.05, 3.63) is 59.7 Å². The maximum atomic E-state index is 12.3. The summed E-state index contributed by atoms with van der Waals surface area (Å²) in [7, 11) is 1.63. The molecule has 0 spiro atoms. The second kappa shape index (κ2) is 7.74. The van der Waals surface area contributed by atoms with Crippen LogP contribution in [0.3, 0.4) is 0 Å². The SMILES string of the molecule is CCSc1ccccc1C(=O)NCc1cccc(OC)c1. The fourth-order valence-corrected chi connectivity index (χ4v) is 2.80. The van der Waals surface area contributed by atoms with Crippen molar-refractivity contribution in [2.75, 3.05) is 12.9 Å². The maximum absolute atomic E-state index is 12.3. The lowest BCUT2D eigenvalue weighted by Gasteiger charge is -2.10. The molecule has 2 aromatic carbocycles. The van der Waals surface area contributed by atoms with Crippen LogP contribution in [0.1, 0.15) is 22.8 Å². The van der Waals surface area contributed by atoms with Crippen molar-refractivity contribution >= 4 is 17.7 Å². The van der Waals surface area contributed by atoms with Gasteiger partial charge in [-0.15, -0.1) is 11.8 Å². The van der Waals surface area contributed by atoms with Gasteiger partial charge in [0, 0.05) is 11.4 Å². The van der Waals surface area contributed by atoms with Gasteiger partial charge in [-0.05, 0) is 35.6 Å². The van der Waals surface area contributed by atoms with E-state index in [9.17, 15) is 4.79 Å². The molecule has 0 radical (unpaired) electrons. The zero-order chi connectivity index (χ0) is 15.1. The van der Waals surface area contributed by atoms with E-state index in [-0.39, 0.29) is 5.91 Å². The number of rotatable bonds is 6. The number of ether oxygens (including phenoxy) is 1. The summed E-state index contributed by atoms with van der Waals surface area (Å²) in [6, 6.07) is 15.4. The first kappa shape index (κ1) is 15.4. The lowest BCUT2D eigenvalue weighted by atomic mass is 10.2. The number of nitrogens with one attached hydrogen (secondary N) is 1. The lowest BCUT2D eigenvalue weighted by Crippen LogP contribution is -2.23. The van der Waals surface area contributed by atoms with E-state index in [4.69, 9.17) is 4.74 Å². The number of hydrogen-bond donors (Lipinski definition) is 1. The van der Waals surface area contributed by atoms with Gasteiger partial charge >= 0.3 is 0 Å². The van der Waals surface area contributed by atoms with Crippen molar-refractivity contribution < 1.29 is 9.53 Å². The third-order valence-electron chi connectivity index (χ3n) is 3.02. The van der Waals surface area contributed by atoms with Gasteiger partial charge in [0.15, 0.2) is 0 Å². The monoisotopic (exact) mass is 301 g/mol. The zero-order valence-electron chi connectivity index (χ0n) is 12.3. The number of carbonyl (C=O) groups excluding carboxylic acids is 1. The van der Waals surface area contributed by atoms with Crippen LogP contribution in [-0.2, 0) is 6.54 Å². The molecule has 4 heteroatoms. The van der Waals surface area contributed by atoms with Crippen molar-refractivity contribution in [1.29, 1.82) is 0 Å². The molecule has 0 heterocycles. The molecule has 0 saturated heterocycles. The number of methoxy groups -OCH3 is 1. The summed E-state index contributed by atoms with van der Waals surface area (Å²) >= 11 is 1.68. The van der Waals surface area contributed by atoms with Gasteiger partial charge in [0.25, 0.3) is 5.91 Å².